The lowest BCUT2D eigenvalue weighted by atomic mass is 10.2. The van der Waals surface area contributed by atoms with E-state index in [1.165, 1.54) is 31.3 Å². The van der Waals surface area contributed by atoms with Crippen LogP contribution < -0.4 is 5.32 Å². The molecule has 3 rings (SSSR count). The van der Waals surface area contributed by atoms with E-state index in [4.69, 9.17) is 0 Å². The molecule has 1 amide bonds. The molecule has 1 aliphatic heterocycles. The molecule has 1 N–H and O–H groups in total. The van der Waals surface area contributed by atoms with Gasteiger partial charge < -0.3 is 5.32 Å². The van der Waals surface area contributed by atoms with Crippen LogP contribution in [0.1, 0.15) is 0 Å². The maximum atomic E-state index is 13.0. The number of piperazine rings is 1. The Morgan fingerprint density at radius 2 is 1.36 bits per heavy atom. The van der Waals surface area contributed by atoms with Gasteiger partial charge >= 0.3 is 0 Å². The van der Waals surface area contributed by atoms with Gasteiger partial charge in [0.25, 0.3) is 0 Å². The van der Waals surface area contributed by atoms with Crippen molar-refractivity contribution < 1.29 is 21.6 Å². The average molecular weight is 424 g/mol. The predicted octanol–water partition coefficient (Wildman–Crippen LogP) is 0.496. The smallest absolute Gasteiger partial charge is 0.243 e. The molecule has 0 saturated carbocycles. The Balaban J connectivity index is 1.94. The van der Waals surface area contributed by atoms with E-state index in [1.807, 2.05) is 0 Å². The zero-order valence-corrected chi connectivity index (χ0v) is 16.9. The predicted molar refractivity (Wildman–Crippen MR) is 103 cm³/mol. The first-order valence-electron chi connectivity index (χ1n) is 8.62. The number of hydrogen-bond donors (Lipinski definition) is 1. The summed E-state index contributed by atoms with van der Waals surface area (Å²) < 4.78 is 54.1. The normalized spacial score (nSPS) is 19.2. The average Bonchev–Trinajstić information content (AvgIpc) is 2.74. The van der Waals surface area contributed by atoms with E-state index in [9.17, 15) is 21.6 Å². The summed E-state index contributed by atoms with van der Waals surface area (Å²) in [5, 5.41) is 2.43. The van der Waals surface area contributed by atoms with Crippen molar-refractivity contribution >= 4 is 26.0 Å². The number of carbonyl (C=O) groups is 1. The van der Waals surface area contributed by atoms with Crippen LogP contribution in [0.3, 0.4) is 0 Å². The fraction of sp³-hybridized carbons (Fsp3) is 0.278. The highest BCUT2D eigenvalue weighted by Gasteiger charge is 2.43. The fourth-order valence-corrected chi connectivity index (χ4v) is 6.15. The molecule has 10 heteroatoms. The van der Waals surface area contributed by atoms with Gasteiger partial charge in [-0.05, 0) is 24.3 Å². The summed E-state index contributed by atoms with van der Waals surface area (Å²) in [7, 11) is -6.40. The number of likely N-dealkylation sites (N-methyl/N-ethyl adjacent to an activating group) is 1. The second-order valence-electron chi connectivity index (χ2n) is 6.23. The third kappa shape index (κ3) is 3.81. The zero-order valence-electron chi connectivity index (χ0n) is 15.2. The van der Waals surface area contributed by atoms with Crippen LogP contribution in [0.5, 0.6) is 0 Å². The van der Waals surface area contributed by atoms with E-state index < -0.39 is 32.0 Å². The minimum absolute atomic E-state index is 0.0449. The van der Waals surface area contributed by atoms with Crippen LogP contribution >= 0.6 is 0 Å². The molecule has 0 radical (unpaired) electrons. The molecule has 1 aliphatic rings. The van der Waals surface area contributed by atoms with Crippen molar-refractivity contribution in [2.45, 2.75) is 15.8 Å². The molecule has 1 atom stereocenters. The van der Waals surface area contributed by atoms with E-state index in [1.54, 1.807) is 36.4 Å². The van der Waals surface area contributed by atoms with Gasteiger partial charge in [0.2, 0.25) is 26.0 Å². The van der Waals surface area contributed by atoms with Crippen molar-refractivity contribution in [3.63, 3.8) is 0 Å². The number of carbonyl (C=O) groups excluding carboxylic acids is 1. The van der Waals surface area contributed by atoms with E-state index >= 15 is 0 Å². The van der Waals surface area contributed by atoms with Gasteiger partial charge in [-0.2, -0.15) is 8.61 Å². The first-order valence-corrected chi connectivity index (χ1v) is 11.5. The minimum atomic E-state index is -3.95. The van der Waals surface area contributed by atoms with Crippen molar-refractivity contribution in [1.82, 2.24) is 13.9 Å². The number of hydrogen-bond acceptors (Lipinski definition) is 5. The van der Waals surface area contributed by atoms with Crippen LogP contribution in [0.4, 0.5) is 0 Å². The Labute approximate surface area is 164 Å². The van der Waals surface area contributed by atoms with Crippen molar-refractivity contribution in [3.05, 3.63) is 60.7 Å². The largest absolute Gasteiger partial charge is 0.358 e. The van der Waals surface area contributed by atoms with Crippen LogP contribution in [0.15, 0.2) is 70.5 Å². The van der Waals surface area contributed by atoms with Gasteiger partial charge in [0.05, 0.1) is 9.79 Å². The van der Waals surface area contributed by atoms with Crippen LogP contribution in [0, 0.1) is 0 Å². The summed E-state index contributed by atoms with van der Waals surface area (Å²) in [6.07, 6.45) is 0. The Morgan fingerprint density at radius 1 is 0.857 bits per heavy atom. The summed E-state index contributed by atoms with van der Waals surface area (Å²) in [5.41, 5.74) is 0. The zero-order chi connectivity index (χ0) is 20.4. The number of rotatable bonds is 5. The molecular weight excluding hydrogens is 402 g/mol. The minimum Gasteiger partial charge on any atom is -0.358 e. The van der Waals surface area contributed by atoms with Gasteiger partial charge in [0.1, 0.15) is 6.04 Å². The first-order chi connectivity index (χ1) is 13.3. The number of sulfonamides is 2. The van der Waals surface area contributed by atoms with Crippen molar-refractivity contribution in [2.75, 3.05) is 26.7 Å². The molecule has 2 aromatic rings. The van der Waals surface area contributed by atoms with Crippen LogP contribution in [0.25, 0.3) is 0 Å². The summed E-state index contributed by atoms with van der Waals surface area (Å²) in [4.78, 5) is 12.6. The number of benzene rings is 2. The lowest BCUT2D eigenvalue weighted by Gasteiger charge is -2.38. The highest BCUT2D eigenvalue weighted by molar-refractivity contribution is 7.89. The molecule has 0 aromatic heterocycles. The molecule has 0 spiro atoms. The van der Waals surface area contributed by atoms with Crippen molar-refractivity contribution in [1.29, 1.82) is 0 Å². The second-order valence-corrected chi connectivity index (χ2v) is 10.1. The maximum absolute atomic E-state index is 13.0. The lowest BCUT2D eigenvalue weighted by Crippen LogP contribution is -2.61. The quantitative estimate of drug-likeness (QED) is 0.754. The van der Waals surface area contributed by atoms with Gasteiger partial charge in [-0.25, -0.2) is 16.8 Å². The van der Waals surface area contributed by atoms with Crippen molar-refractivity contribution in [3.8, 4) is 0 Å². The molecule has 1 saturated heterocycles. The van der Waals surface area contributed by atoms with Gasteiger partial charge in [0.15, 0.2) is 0 Å². The van der Waals surface area contributed by atoms with E-state index in [-0.39, 0.29) is 29.4 Å². The van der Waals surface area contributed by atoms with Crippen LogP contribution in [-0.2, 0) is 24.8 Å². The lowest BCUT2D eigenvalue weighted by molar-refractivity contribution is -0.125. The SMILES string of the molecule is CNC(=O)[C@H]1CN(S(=O)(=O)c2ccccc2)CCN1S(=O)(=O)c1ccccc1. The highest BCUT2D eigenvalue weighted by atomic mass is 32.2. The molecule has 150 valence electrons. The first kappa shape index (κ1) is 20.5. The van der Waals surface area contributed by atoms with Gasteiger partial charge in [-0.1, -0.05) is 36.4 Å². The van der Waals surface area contributed by atoms with Crippen molar-refractivity contribution in [2.24, 2.45) is 0 Å². The summed E-state index contributed by atoms with van der Waals surface area (Å²) in [6, 6.07) is 14.5. The molecule has 0 bridgehead atoms. The number of nitrogens with one attached hydrogen (secondary N) is 1. The molecule has 2 aromatic carbocycles. The second kappa shape index (κ2) is 8.00. The van der Waals surface area contributed by atoms with Gasteiger partial charge in [-0.15, -0.1) is 0 Å². The third-order valence-corrected chi connectivity index (χ3v) is 8.38. The number of amides is 1. The molecule has 1 fully saturated rings. The van der Waals surface area contributed by atoms with E-state index in [2.05, 4.69) is 5.32 Å². The van der Waals surface area contributed by atoms with Crippen LogP contribution in [0.2, 0.25) is 0 Å². The maximum Gasteiger partial charge on any atom is 0.243 e. The Hall–Kier alpha value is -2.27. The van der Waals surface area contributed by atoms with Crippen LogP contribution in [-0.4, -0.2) is 64.1 Å². The Bertz CT molecular complexity index is 1040. The third-order valence-electron chi connectivity index (χ3n) is 4.57. The Kier molecular flexibility index (Phi) is 5.84. The Morgan fingerprint density at radius 3 is 1.86 bits per heavy atom. The summed E-state index contributed by atoms with van der Waals surface area (Å²) >= 11 is 0. The molecule has 0 unspecified atom stereocenters. The molecule has 0 aliphatic carbocycles. The monoisotopic (exact) mass is 423 g/mol. The van der Waals surface area contributed by atoms with E-state index in [0.29, 0.717) is 0 Å². The molecular formula is C18H21N3O5S2. The molecule has 1 heterocycles. The molecule has 28 heavy (non-hydrogen) atoms. The van der Waals surface area contributed by atoms with Gasteiger partial charge in [0, 0.05) is 26.7 Å². The summed E-state index contributed by atoms with van der Waals surface area (Å²) in [6.45, 7) is -0.429. The standard InChI is InChI=1S/C18H21N3O5S2/c1-19-18(22)17-14-20(27(23,24)15-8-4-2-5-9-15)12-13-21(17)28(25,26)16-10-6-3-7-11-16/h2-11,17H,12-14H2,1H3,(H,19,22)/t17-/m1/s1. The van der Waals surface area contributed by atoms with Gasteiger partial charge in [-0.3, -0.25) is 4.79 Å². The summed E-state index contributed by atoms with van der Waals surface area (Å²) in [5.74, 6) is -0.563. The topological polar surface area (TPSA) is 104 Å². The highest BCUT2D eigenvalue weighted by Crippen LogP contribution is 2.25. The number of nitrogens with zero attached hydrogens (tertiary/aromatic N) is 2. The molecule has 8 nitrogen and oxygen atoms in total. The fourth-order valence-electron chi connectivity index (χ4n) is 3.10. The van der Waals surface area contributed by atoms with E-state index in [0.717, 1.165) is 8.61 Å².